The second kappa shape index (κ2) is 11.2. The lowest BCUT2D eigenvalue weighted by Crippen LogP contribution is -2.26. The highest BCUT2D eigenvalue weighted by Crippen LogP contribution is 2.33. The number of hydrogen-bond acceptors (Lipinski definition) is 4. The summed E-state index contributed by atoms with van der Waals surface area (Å²) < 4.78 is 11.1. The van der Waals surface area contributed by atoms with E-state index in [-0.39, 0.29) is 0 Å². The van der Waals surface area contributed by atoms with Gasteiger partial charge in [0.1, 0.15) is 5.82 Å². The summed E-state index contributed by atoms with van der Waals surface area (Å²) in [4.78, 5) is 11.2. The van der Waals surface area contributed by atoms with Crippen LogP contribution in [-0.4, -0.2) is 28.2 Å². The van der Waals surface area contributed by atoms with Crippen LogP contribution in [0.1, 0.15) is 42.3 Å². The fourth-order valence-corrected chi connectivity index (χ4v) is 4.53. The maximum absolute atomic E-state index is 5.63. The average molecular weight is 468 g/mol. The molecule has 0 saturated heterocycles. The topological polar surface area (TPSA) is 50.4 Å². The molecule has 5 nitrogen and oxygen atoms in total. The summed E-state index contributed by atoms with van der Waals surface area (Å²) in [5.74, 6) is 2.62. The lowest BCUT2D eigenvalue weighted by atomic mass is 10.1. The van der Waals surface area contributed by atoms with Gasteiger partial charge < -0.3 is 14.5 Å². The number of benzene rings is 3. The van der Waals surface area contributed by atoms with Crippen molar-refractivity contribution < 1.29 is 9.47 Å². The van der Waals surface area contributed by atoms with Crippen LogP contribution in [0.4, 0.5) is 0 Å². The number of nitrogens with one attached hydrogen (secondary N) is 1. The molecule has 0 spiro atoms. The van der Waals surface area contributed by atoms with Gasteiger partial charge in [-0.1, -0.05) is 80.1 Å². The van der Waals surface area contributed by atoms with Crippen molar-refractivity contribution in [3.8, 4) is 22.9 Å². The summed E-state index contributed by atoms with van der Waals surface area (Å²) in [5.41, 5.74) is 6.10. The van der Waals surface area contributed by atoms with Crippen LogP contribution in [0.25, 0.3) is 11.4 Å². The molecule has 0 unspecified atom stereocenters. The van der Waals surface area contributed by atoms with Gasteiger partial charge in [0, 0.05) is 25.2 Å². The second-order valence-corrected chi connectivity index (χ2v) is 9.11. The van der Waals surface area contributed by atoms with Gasteiger partial charge in [-0.3, -0.25) is 4.90 Å². The standard InChI is InChI=1S/C30H33N3O2/c1-2-3-14-26-27(32-30(31-26)25-12-8-5-9-13-25)21-33(18-17-23-10-6-4-7-11-23)20-24-15-16-28-29(19-24)35-22-34-28/h4-13,15-16,19H,2-3,14,17-18,20-22H2,1H3,(H,31,32). The Balaban J connectivity index is 1.39. The van der Waals surface area contributed by atoms with Crippen molar-refractivity contribution in [2.45, 2.75) is 45.7 Å². The average Bonchev–Trinajstić information content (AvgIpc) is 3.54. The summed E-state index contributed by atoms with van der Waals surface area (Å²) in [6.07, 6.45) is 4.28. The molecule has 0 aliphatic carbocycles. The number of rotatable bonds is 11. The minimum absolute atomic E-state index is 0.299. The molecule has 0 fully saturated rings. The lowest BCUT2D eigenvalue weighted by molar-refractivity contribution is 0.174. The van der Waals surface area contributed by atoms with Crippen LogP contribution in [0.2, 0.25) is 0 Å². The number of aromatic amines is 1. The summed E-state index contributed by atoms with van der Waals surface area (Å²) in [7, 11) is 0. The van der Waals surface area contributed by atoms with Crippen molar-refractivity contribution in [3.63, 3.8) is 0 Å². The van der Waals surface area contributed by atoms with Crippen molar-refractivity contribution in [2.24, 2.45) is 0 Å². The molecular weight excluding hydrogens is 434 g/mol. The van der Waals surface area contributed by atoms with E-state index < -0.39 is 0 Å². The number of unbranched alkanes of at least 4 members (excludes halogenated alkanes) is 1. The highest BCUT2D eigenvalue weighted by Gasteiger charge is 2.18. The fraction of sp³-hybridized carbons (Fsp3) is 0.300. The molecule has 2 heterocycles. The highest BCUT2D eigenvalue weighted by atomic mass is 16.7. The van der Waals surface area contributed by atoms with E-state index in [1.807, 2.05) is 12.1 Å². The Bertz CT molecular complexity index is 1220. The van der Waals surface area contributed by atoms with E-state index in [0.29, 0.717) is 6.79 Å². The molecule has 0 atom stereocenters. The van der Waals surface area contributed by atoms with Crippen molar-refractivity contribution in [3.05, 3.63) is 101 Å². The number of ether oxygens (including phenoxy) is 2. The second-order valence-electron chi connectivity index (χ2n) is 9.11. The minimum atomic E-state index is 0.299. The minimum Gasteiger partial charge on any atom is -0.454 e. The van der Waals surface area contributed by atoms with Gasteiger partial charge in [0.25, 0.3) is 0 Å². The van der Waals surface area contributed by atoms with Gasteiger partial charge >= 0.3 is 0 Å². The maximum atomic E-state index is 5.63. The largest absolute Gasteiger partial charge is 0.454 e. The number of aryl methyl sites for hydroxylation is 1. The molecule has 35 heavy (non-hydrogen) atoms. The van der Waals surface area contributed by atoms with Crippen LogP contribution in [-0.2, 0) is 25.9 Å². The Hall–Kier alpha value is -3.57. The van der Waals surface area contributed by atoms with Gasteiger partial charge in [0.2, 0.25) is 6.79 Å². The van der Waals surface area contributed by atoms with Crippen molar-refractivity contribution >= 4 is 0 Å². The van der Waals surface area contributed by atoms with Gasteiger partial charge in [-0.05, 0) is 42.5 Å². The first-order valence-electron chi connectivity index (χ1n) is 12.6. The first kappa shape index (κ1) is 23.2. The van der Waals surface area contributed by atoms with Crippen LogP contribution in [0.15, 0.2) is 78.9 Å². The predicted molar refractivity (Wildman–Crippen MR) is 139 cm³/mol. The maximum Gasteiger partial charge on any atom is 0.231 e. The van der Waals surface area contributed by atoms with Crippen LogP contribution in [0.5, 0.6) is 11.5 Å². The third-order valence-corrected chi connectivity index (χ3v) is 6.46. The molecular formula is C30H33N3O2. The molecule has 1 aliphatic heterocycles. The molecule has 1 aliphatic rings. The van der Waals surface area contributed by atoms with E-state index in [1.165, 1.54) is 22.5 Å². The first-order valence-corrected chi connectivity index (χ1v) is 12.6. The molecule has 3 aromatic carbocycles. The van der Waals surface area contributed by atoms with Gasteiger partial charge in [0.15, 0.2) is 11.5 Å². The Morgan fingerprint density at radius 3 is 2.40 bits per heavy atom. The molecule has 0 amide bonds. The zero-order valence-corrected chi connectivity index (χ0v) is 20.4. The molecule has 5 rings (SSSR count). The molecule has 4 aromatic rings. The third-order valence-electron chi connectivity index (χ3n) is 6.46. The zero-order chi connectivity index (χ0) is 23.9. The van der Waals surface area contributed by atoms with E-state index in [1.54, 1.807) is 0 Å². The van der Waals surface area contributed by atoms with Gasteiger partial charge in [-0.25, -0.2) is 4.98 Å². The number of imidazole rings is 1. The molecule has 1 aromatic heterocycles. The molecule has 0 radical (unpaired) electrons. The predicted octanol–water partition coefficient (Wildman–Crippen LogP) is 6.39. The molecule has 180 valence electrons. The molecule has 0 saturated carbocycles. The quantitative estimate of drug-likeness (QED) is 0.278. The van der Waals surface area contributed by atoms with Crippen molar-refractivity contribution in [2.75, 3.05) is 13.3 Å². The number of hydrogen-bond donors (Lipinski definition) is 1. The monoisotopic (exact) mass is 467 g/mol. The normalized spacial score (nSPS) is 12.4. The van der Waals surface area contributed by atoms with E-state index in [2.05, 4.69) is 83.5 Å². The van der Waals surface area contributed by atoms with Crippen LogP contribution in [0.3, 0.4) is 0 Å². The van der Waals surface area contributed by atoms with Gasteiger partial charge in [-0.15, -0.1) is 0 Å². The summed E-state index contributed by atoms with van der Waals surface area (Å²) >= 11 is 0. The number of nitrogens with zero attached hydrogens (tertiary/aromatic N) is 2. The Labute approximate surface area is 207 Å². The van der Waals surface area contributed by atoms with Crippen LogP contribution >= 0.6 is 0 Å². The Morgan fingerprint density at radius 1 is 0.829 bits per heavy atom. The Morgan fingerprint density at radius 2 is 1.60 bits per heavy atom. The smallest absolute Gasteiger partial charge is 0.231 e. The summed E-state index contributed by atoms with van der Waals surface area (Å²) in [6.45, 7) is 5.13. The fourth-order valence-electron chi connectivity index (χ4n) is 4.53. The Kier molecular flexibility index (Phi) is 7.44. The number of H-pyrrole nitrogens is 1. The van der Waals surface area contributed by atoms with Gasteiger partial charge in [0.05, 0.1) is 11.4 Å². The van der Waals surface area contributed by atoms with E-state index >= 15 is 0 Å². The van der Waals surface area contributed by atoms with Crippen LogP contribution in [0, 0.1) is 0 Å². The number of aromatic nitrogens is 2. The van der Waals surface area contributed by atoms with E-state index in [4.69, 9.17) is 14.5 Å². The van der Waals surface area contributed by atoms with Gasteiger partial charge in [-0.2, -0.15) is 0 Å². The highest BCUT2D eigenvalue weighted by molar-refractivity contribution is 5.55. The molecule has 5 heteroatoms. The first-order chi connectivity index (χ1) is 17.3. The SMILES string of the molecule is CCCCc1nc(-c2ccccc2)[nH]c1CN(CCc1ccccc1)Cc1ccc2c(c1)OCO2. The van der Waals surface area contributed by atoms with Crippen LogP contribution < -0.4 is 9.47 Å². The third kappa shape index (κ3) is 5.92. The van der Waals surface area contributed by atoms with Crippen molar-refractivity contribution in [1.82, 2.24) is 14.9 Å². The zero-order valence-electron chi connectivity index (χ0n) is 20.4. The summed E-state index contributed by atoms with van der Waals surface area (Å²) in [6, 6.07) is 27.4. The summed E-state index contributed by atoms with van der Waals surface area (Å²) in [5, 5.41) is 0. The molecule has 1 N–H and O–H groups in total. The van der Waals surface area contributed by atoms with E-state index in [9.17, 15) is 0 Å². The van der Waals surface area contributed by atoms with E-state index in [0.717, 1.165) is 68.2 Å². The molecule has 0 bridgehead atoms. The number of fused-ring (bicyclic) bond motifs is 1. The lowest BCUT2D eigenvalue weighted by Gasteiger charge is -2.23. The van der Waals surface area contributed by atoms with Crippen molar-refractivity contribution in [1.29, 1.82) is 0 Å².